The van der Waals surface area contributed by atoms with Crippen LogP contribution in [-0.4, -0.2) is 61.3 Å². The van der Waals surface area contributed by atoms with Crippen LogP contribution in [0, 0.1) is 5.41 Å². The monoisotopic (exact) mass is 186 g/mol. The van der Waals surface area contributed by atoms with Gasteiger partial charge in [-0.1, -0.05) is 13.8 Å². The first kappa shape index (κ1) is 11.0. The molecule has 0 aromatic heterocycles. The van der Waals surface area contributed by atoms with Crippen molar-refractivity contribution in [1.29, 1.82) is 0 Å². The molecule has 0 bridgehead atoms. The molecule has 0 saturated carbocycles. The van der Waals surface area contributed by atoms with E-state index in [2.05, 4.69) is 37.7 Å². The van der Waals surface area contributed by atoms with Crippen LogP contribution in [0.2, 0.25) is 0 Å². The summed E-state index contributed by atoms with van der Waals surface area (Å²) in [5.41, 5.74) is 0.327. The second-order valence-electron chi connectivity index (χ2n) is 5.11. The van der Waals surface area contributed by atoms with E-state index in [1.54, 1.807) is 0 Å². The molecule has 1 saturated heterocycles. The van der Waals surface area contributed by atoms with Crippen LogP contribution in [0.1, 0.15) is 13.8 Å². The molecule has 1 N–H and O–H groups in total. The molecule has 0 aromatic rings. The Labute approximate surface area is 81.3 Å². The van der Waals surface area contributed by atoms with Crippen molar-refractivity contribution in [2.75, 3.05) is 40.3 Å². The number of aliphatic hydroxyl groups is 1. The van der Waals surface area contributed by atoms with Crippen molar-refractivity contribution in [2.45, 2.75) is 19.9 Å². The maximum atomic E-state index is 9.21. The van der Waals surface area contributed by atoms with Gasteiger partial charge in [0.25, 0.3) is 0 Å². The summed E-state index contributed by atoms with van der Waals surface area (Å²) in [4.78, 5) is 4.58. The van der Waals surface area contributed by atoms with Crippen molar-refractivity contribution in [3.63, 3.8) is 0 Å². The number of nitrogens with zero attached hydrogens (tertiary/aromatic N) is 2. The molecule has 1 atom stereocenters. The molecule has 0 radical (unpaired) electrons. The van der Waals surface area contributed by atoms with Crippen LogP contribution in [0.4, 0.5) is 0 Å². The van der Waals surface area contributed by atoms with Gasteiger partial charge in [-0.15, -0.1) is 0 Å². The third kappa shape index (κ3) is 2.93. The smallest absolute Gasteiger partial charge is 0.0599 e. The number of hydrogen-bond donors (Lipinski definition) is 1. The second-order valence-corrected chi connectivity index (χ2v) is 5.11. The molecular formula is C10H22N2O. The van der Waals surface area contributed by atoms with E-state index in [1.165, 1.54) is 0 Å². The number of hydrogen-bond acceptors (Lipinski definition) is 3. The second kappa shape index (κ2) is 3.95. The molecule has 1 heterocycles. The zero-order chi connectivity index (χ0) is 10.1. The van der Waals surface area contributed by atoms with E-state index in [4.69, 9.17) is 0 Å². The average molecular weight is 186 g/mol. The van der Waals surface area contributed by atoms with Crippen LogP contribution in [-0.2, 0) is 0 Å². The van der Waals surface area contributed by atoms with Crippen LogP contribution in [0.25, 0.3) is 0 Å². The van der Waals surface area contributed by atoms with Crippen LogP contribution < -0.4 is 0 Å². The number of rotatable bonds is 1. The Kier molecular flexibility index (Phi) is 3.33. The topological polar surface area (TPSA) is 26.7 Å². The zero-order valence-corrected chi connectivity index (χ0v) is 9.25. The van der Waals surface area contributed by atoms with Gasteiger partial charge >= 0.3 is 0 Å². The fourth-order valence-corrected chi connectivity index (χ4v) is 2.35. The van der Waals surface area contributed by atoms with Crippen molar-refractivity contribution in [1.82, 2.24) is 9.80 Å². The molecule has 1 fully saturated rings. The van der Waals surface area contributed by atoms with E-state index in [-0.39, 0.29) is 6.61 Å². The number of likely N-dealkylation sites (N-methyl/N-ethyl adjacent to an activating group) is 2. The third-order valence-electron chi connectivity index (χ3n) is 2.73. The predicted molar refractivity (Wildman–Crippen MR) is 54.8 cm³/mol. The van der Waals surface area contributed by atoms with Crippen molar-refractivity contribution in [3.05, 3.63) is 0 Å². The van der Waals surface area contributed by atoms with Crippen molar-refractivity contribution >= 4 is 0 Å². The molecule has 1 unspecified atom stereocenters. The van der Waals surface area contributed by atoms with Crippen molar-refractivity contribution < 1.29 is 5.11 Å². The molecule has 78 valence electrons. The molecule has 0 amide bonds. The Morgan fingerprint density at radius 2 is 1.92 bits per heavy atom. The summed E-state index contributed by atoms with van der Waals surface area (Å²) in [6, 6.07) is 0.298. The Morgan fingerprint density at radius 1 is 1.31 bits per heavy atom. The summed E-state index contributed by atoms with van der Waals surface area (Å²) in [5.74, 6) is 0. The maximum Gasteiger partial charge on any atom is 0.0599 e. The predicted octanol–water partition coefficient (Wildman–Crippen LogP) is 0.251. The first-order chi connectivity index (χ1) is 5.94. The van der Waals surface area contributed by atoms with E-state index in [0.717, 1.165) is 19.6 Å². The molecule has 13 heavy (non-hydrogen) atoms. The Bertz CT molecular complexity index is 170. The van der Waals surface area contributed by atoms with Gasteiger partial charge in [-0.3, -0.25) is 4.90 Å². The molecule has 3 heteroatoms. The Morgan fingerprint density at radius 3 is 2.46 bits per heavy atom. The highest BCUT2D eigenvalue weighted by molar-refractivity contribution is 4.85. The normalized spacial score (nSPS) is 31.6. The molecule has 1 aliphatic rings. The standard InChI is InChI=1S/C10H22N2O/c1-10(2)7-11(3)5-9(6-13)12(4)8-10/h9,13H,5-8H2,1-4H3. The molecular weight excluding hydrogens is 164 g/mol. The summed E-state index contributed by atoms with van der Waals surface area (Å²) in [6.07, 6.45) is 0. The summed E-state index contributed by atoms with van der Waals surface area (Å²) in [7, 11) is 4.23. The van der Waals surface area contributed by atoms with Gasteiger partial charge in [-0.05, 0) is 19.5 Å². The molecule has 1 rings (SSSR count). The van der Waals surface area contributed by atoms with Gasteiger partial charge < -0.3 is 10.0 Å². The van der Waals surface area contributed by atoms with Gasteiger partial charge in [-0.2, -0.15) is 0 Å². The zero-order valence-electron chi connectivity index (χ0n) is 9.25. The lowest BCUT2D eigenvalue weighted by molar-refractivity contribution is 0.129. The first-order valence-corrected chi connectivity index (χ1v) is 4.94. The molecule has 3 nitrogen and oxygen atoms in total. The van der Waals surface area contributed by atoms with Crippen molar-refractivity contribution in [3.8, 4) is 0 Å². The fourth-order valence-electron chi connectivity index (χ4n) is 2.35. The first-order valence-electron chi connectivity index (χ1n) is 4.94. The van der Waals surface area contributed by atoms with E-state index in [1.807, 2.05) is 0 Å². The van der Waals surface area contributed by atoms with Gasteiger partial charge in [0.05, 0.1) is 6.61 Å². The highest BCUT2D eigenvalue weighted by Gasteiger charge is 2.30. The van der Waals surface area contributed by atoms with Gasteiger partial charge in [0, 0.05) is 25.7 Å². The van der Waals surface area contributed by atoms with Gasteiger partial charge in [0.1, 0.15) is 0 Å². The van der Waals surface area contributed by atoms with Gasteiger partial charge in [0.15, 0.2) is 0 Å². The summed E-state index contributed by atoms with van der Waals surface area (Å²) >= 11 is 0. The molecule has 1 aliphatic heterocycles. The van der Waals surface area contributed by atoms with Crippen LogP contribution in [0.3, 0.4) is 0 Å². The van der Waals surface area contributed by atoms with E-state index in [9.17, 15) is 5.11 Å². The fraction of sp³-hybridized carbons (Fsp3) is 1.00. The van der Waals surface area contributed by atoms with E-state index in [0.29, 0.717) is 11.5 Å². The highest BCUT2D eigenvalue weighted by atomic mass is 16.3. The minimum atomic E-state index is 0.261. The SMILES string of the molecule is CN1CC(CO)N(C)CC(C)(C)C1. The summed E-state index contributed by atoms with van der Waals surface area (Å²) < 4.78 is 0. The lowest BCUT2D eigenvalue weighted by Crippen LogP contribution is -2.41. The highest BCUT2D eigenvalue weighted by Crippen LogP contribution is 2.22. The lowest BCUT2D eigenvalue weighted by atomic mass is 9.93. The van der Waals surface area contributed by atoms with Gasteiger partial charge in [0.2, 0.25) is 0 Å². The Balaban J connectivity index is 2.68. The van der Waals surface area contributed by atoms with Crippen LogP contribution in [0.15, 0.2) is 0 Å². The largest absolute Gasteiger partial charge is 0.395 e. The number of aliphatic hydroxyl groups excluding tert-OH is 1. The van der Waals surface area contributed by atoms with Crippen LogP contribution >= 0.6 is 0 Å². The quantitative estimate of drug-likeness (QED) is 0.636. The lowest BCUT2D eigenvalue weighted by Gasteiger charge is -2.29. The van der Waals surface area contributed by atoms with E-state index >= 15 is 0 Å². The van der Waals surface area contributed by atoms with E-state index < -0.39 is 0 Å². The third-order valence-corrected chi connectivity index (χ3v) is 2.73. The molecule has 0 aliphatic carbocycles. The minimum Gasteiger partial charge on any atom is -0.395 e. The summed E-state index contributed by atoms with van der Waals surface area (Å²) in [6.45, 7) is 7.95. The average Bonchev–Trinajstić information content (AvgIpc) is 2.05. The van der Waals surface area contributed by atoms with Gasteiger partial charge in [-0.25, -0.2) is 0 Å². The van der Waals surface area contributed by atoms with Crippen LogP contribution in [0.5, 0.6) is 0 Å². The minimum absolute atomic E-state index is 0.261. The molecule has 0 spiro atoms. The Hall–Kier alpha value is -0.120. The molecule has 0 aromatic carbocycles. The van der Waals surface area contributed by atoms with Crippen molar-refractivity contribution in [2.24, 2.45) is 5.41 Å². The maximum absolute atomic E-state index is 9.21. The summed E-state index contributed by atoms with van der Waals surface area (Å²) in [5, 5.41) is 9.21.